The molecule has 2 aliphatic rings. The van der Waals surface area contributed by atoms with E-state index in [4.69, 9.17) is 23.8 Å². The minimum Gasteiger partial charge on any atom is -0.349 e. The zero-order chi connectivity index (χ0) is 25.1. The Balaban J connectivity index is 1.60. The molecule has 1 aromatic heterocycles. The lowest BCUT2D eigenvalue weighted by atomic mass is 9.79. The normalized spacial score (nSPS) is 20.8. The molecule has 3 N–H and O–H groups in total. The molecule has 34 heavy (non-hydrogen) atoms. The fourth-order valence-electron chi connectivity index (χ4n) is 5.03. The highest BCUT2D eigenvalue weighted by Crippen LogP contribution is 2.35. The quantitative estimate of drug-likeness (QED) is 0.460. The Kier molecular flexibility index (Phi) is 6.19. The van der Waals surface area contributed by atoms with Gasteiger partial charge in [-0.3, -0.25) is 4.79 Å². The number of aromatic nitrogens is 2. The predicted octanol–water partition coefficient (Wildman–Crippen LogP) is 5.74. The SMILES string of the molecule is CC1(C)CC(NC(=O)C2=CC(c3nc4c(Cl)cc(C(F)(F)F)cc4[nH]3)=CCC2=S)CC(C)(C)N1. The highest BCUT2D eigenvalue weighted by molar-refractivity contribution is 7.81. The summed E-state index contributed by atoms with van der Waals surface area (Å²) in [6, 6.07) is 1.81. The van der Waals surface area contributed by atoms with E-state index in [1.54, 1.807) is 12.2 Å². The third-order valence-electron chi connectivity index (χ3n) is 6.02. The number of aromatic amines is 1. The second-order valence-corrected chi connectivity index (χ2v) is 11.2. The average Bonchev–Trinajstić information content (AvgIpc) is 3.10. The molecule has 2 heterocycles. The van der Waals surface area contributed by atoms with E-state index >= 15 is 0 Å². The van der Waals surface area contributed by atoms with Gasteiger partial charge in [0, 0.05) is 34.0 Å². The standard InChI is InChI=1S/C24H26ClF3N4OS/c1-22(2)10-14(11-23(3,4)32-22)29-21(33)15-7-12(5-6-18(15)34)20-30-17-9-13(24(26,27)28)8-16(25)19(17)31-20/h5,7-9,14,32H,6,10-11H2,1-4H3,(H,29,33)(H,30,31). The van der Waals surface area contributed by atoms with Crippen molar-refractivity contribution in [2.45, 2.75) is 70.3 Å². The first-order valence-corrected chi connectivity index (χ1v) is 11.7. The van der Waals surface area contributed by atoms with Crippen LogP contribution < -0.4 is 10.6 Å². The van der Waals surface area contributed by atoms with Crippen molar-refractivity contribution in [2.75, 3.05) is 0 Å². The number of imidazole rings is 1. The van der Waals surface area contributed by atoms with Crippen molar-refractivity contribution in [2.24, 2.45) is 0 Å². The number of hydrogen-bond donors (Lipinski definition) is 3. The summed E-state index contributed by atoms with van der Waals surface area (Å²) in [7, 11) is 0. The van der Waals surface area contributed by atoms with Gasteiger partial charge < -0.3 is 15.6 Å². The topological polar surface area (TPSA) is 69.8 Å². The van der Waals surface area contributed by atoms with E-state index in [-0.39, 0.29) is 39.1 Å². The second-order valence-electron chi connectivity index (χ2n) is 10.3. The Morgan fingerprint density at radius 1 is 1.21 bits per heavy atom. The number of alkyl halides is 3. The van der Waals surface area contributed by atoms with Crippen molar-refractivity contribution >= 4 is 51.2 Å². The Labute approximate surface area is 206 Å². The lowest BCUT2D eigenvalue weighted by Crippen LogP contribution is -2.62. The van der Waals surface area contributed by atoms with Crippen LogP contribution in [0.2, 0.25) is 5.02 Å². The third-order valence-corrected chi connectivity index (χ3v) is 6.69. The summed E-state index contributed by atoms with van der Waals surface area (Å²) in [5.74, 6) is 0.0655. The Bertz CT molecular complexity index is 1230. The van der Waals surface area contributed by atoms with Crippen molar-refractivity contribution in [1.29, 1.82) is 0 Å². The third kappa shape index (κ3) is 5.21. The minimum absolute atomic E-state index is 0.0254. The summed E-state index contributed by atoms with van der Waals surface area (Å²) in [6.07, 6.45) is 0.804. The number of rotatable bonds is 3. The molecule has 0 unspecified atom stereocenters. The number of benzene rings is 1. The zero-order valence-corrected chi connectivity index (χ0v) is 20.9. The van der Waals surface area contributed by atoms with Gasteiger partial charge in [0.15, 0.2) is 0 Å². The number of nitrogens with zero attached hydrogens (tertiary/aromatic N) is 1. The van der Waals surface area contributed by atoms with E-state index in [9.17, 15) is 18.0 Å². The van der Waals surface area contributed by atoms with Crippen LogP contribution in [0.15, 0.2) is 29.9 Å². The number of thiocarbonyl (C=S) groups is 1. The van der Waals surface area contributed by atoms with Gasteiger partial charge in [-0.25, -0.2) is 4.98 Å². The molecule has 10 heteroatoms. The van der Waals surface area contributed by atoms with Crippen LogP contribution in [0.4, 0.5) is 13.2 Å². The molecule has 1 aromatic carbocycles. The number of halogens is 4. The van der Waals surface area contributed by atoms with Crippen LogP contribution in [0, 0.1) is 0 Å². The maximum atomic E-state index is 13.2. The maximum absolute atomic E-state index is 13.2. The maximum Gasteiger partial charge on any atom is 0.416 e. The first-order chi connectivity index (χ1) is 15.6. The molecule has 0 saturated carbocycles. The smallest absolute Gasteiger partial charge is 0.349 e. The van der Waals surface area contributed by atoms with Crippen LogP contribution in [0.5, 0.6) is 0 Å². The summed E-state index contributed by atoms with van der Waals surface area (Å²) in [5, 5.41) is 6.61. The monoisotopic (exact) mass is 510 g/mol. The molecule has 1 fully saturated rings. The molecule has 1 amide bonds. The number of piperidine rings is 1. The molecule has 182 valence electrons. The number of amides is 1. The number of H-pyrrole nitrogens is 1. The van der Waals surface area contributed by atoms with Crippen molar-refractivity contribution in [1.82, 2.24) is 20.6 Å². The van der Waals surface area contributed by atoms with Gasteiger partial charge in [-0.15, -0.1) is 0 Å². The molecule has 0 bridgehead atoms. The minimum atomic E-state index is -4.53. The van der Waals surface area contributed by atoms with E-state index in [2.05, 4.69) is 48.3 Å². The van der Waals surface area contributed by atoms with Gasteiger partial charge in [0.2, 0.25) is 0 Å². The summed E-state index contributed by atoms with van der Waals surface area (Å²) < 4.78 is 39.5. The number of hydrogen-bond acceptors (Lipinski definition) is 4. The van der Waals surface area contributed by atoms with E-state index in [1.807, 2.05) is 0 Å². The van der Waals surface area contributed by atoms with E-state index in [1.165, 1.54) is 0 Å². The molecule has 0 radical (unpaired) electrons. The van der Waals surface area contributed by atoms with Crippen LogP contribution in [-0.4, -0.2) is 37.9 Å². The zero-order valence-electron chi connectivity index (χ0n) is 19.3. The van der Waals surface area contributed by atoms with Crippen molar-refractivity contribution in [3.05, 3.63) is 46.3 Å². The van der Waals surface area contributed by atoms with Crippen molar-refractivity contribution < 1.29 is 18.0 Å². The second kappa shape index (κ2) is 8.46. The number of allylic oxidation sites excluding steroid dienone is 3. The molecule has 0 atom stereocenters. The fraction of sp³-hybridized carbons (Fsp3) is 0.458. The fourth-order valence-corrected chi connectivity index (χ4v) is 5.52. The lowest BCUT2D eigenvalue weighted by Gasteiger charge is -2.46. The van der Waals surface area contributed by atoms with Crippen LogP contribution >= 0.6 is 23.8 Å². The van der Waals surface area contributed by atoms with Gasteiger partial charge in [0.25, 0.3) is 5.91 Å². The summed E-state index contributed by atoms with van der Waals surface area (Å²) in [5.41, 5.74) is 0.223. The molecule has 1 aliphatic heterocycles. The molecule has 4 rings (SSSR count). The Morgan fingerprint density at radius 2 is 1.85 bits per heavy atom. The van der Waals surface area contributed by atoms with Crippen LogP contribution in [0.25, 0.3) is 16.6 Å². The van der Waals surface area contributed by atoms with Crippen LogP contribution in [0.1, 0.15) is 58.3 Å². The number of nitrogens with one attached hydrogen (secondary N) is 3. The predicted molar refractivity (Wildman–Crippen MR) is 132 cm³/mol. The van der Waals surface area contributed by atoms with E-state index in [0.717, 1.165) is 25.0 Å². The van der Waals surface area contributed by atoms with Gasteiger partial charge in [-0.2, -0.15) is 13.2 Å². The average molecular weight is 511 g/mol. The number of carbonyl (C=O) groups excluding carboxylic acids is 1. The van der Waals surface area contributed by atoms with Gasteiger partial charge >= 0.3 is 6.18 Å². The van der Waals surface area contributed by atoms with Crippen molar-refractivity contribution in [3.63, 3.8) is 0 Å². The van der Waals surface area contributed by atoms with Crippen LogP contribution in [-0.2, 0) is 11.0 Å². The van der Waals surface area contributed by atoms with Gasteiger partial charge in [-0.1, -0.05) is 29.9 Å². The first kappa shape index (κ1) is 24.9. The molecule has 1 saturated heterocycles. The number of fused-ring (bicyclic) bond motifs is 1. The van der Waals surface area contributed by atoms with Gasteiger partial charge in [-0.05, 0) is 58.7 Å². The van der Waals surface area contributed by atoms with Crippen LogP contribution in [0.3, 0.4) is 0 Å². The Hall–Kier alpha value is -2.23. The molecule has 1 aliphatic carbocycles. The highest BCUT2D eigenvalue weighted by atomic mass is 35.5. The van der Waals surface area contributed by atoms with Crippen molar-refractivity contribution in [3.8, 4) is 0 Å². The molecular weight excluding hydrogens is 485 g/mol. The largest absolute Gasteiger partial charge is 0.416 e. The van der Waals surface area contributed by atoms with E-state index in [0.29, 0.717) is 28.3 Å². The Morgan fingerprint density at radius 3 is 2.47 bits per heavy atom. The number of carbonyl (C=O) groups is 1. The molecular formula is C24H26ClF3N4OS. The molecule has 5 nitrogen and oxygen atoms in total. The summed E-state index contributed by atoms with van der Waals surface area (Å²) in [6.45, 7) is 8.43. The highest BCUT2D eigenvalue weighted by Gasteiger charge is 2.38. The summed E-state index contributed by atoms with van der Waals surface area (Å²) >= 11 is 11.5. The first-order valence-electron chi connectivity index (χ1n) is 11.0. The van der Waals surface area contributed by atoms with E-state index < -0.39 is 11.7 Å². The molecule has 0 spiro atoms. The van der Waals surface area contributed by atoms with Gasteiger partial charge in [0.1, 0.15) is 11.3 Å². The summed E-state index contributed by atoms with van der Waals surface area (Å²) in [4.78, 5) is 21.0. The lowest BCUT2D eigenvalue weighted by molar-refractivity contribution is -0.137. The van der Waals surface area contributed by atoms with Gasteiger partial charge in [0.05, 0.1) is 21.7 Å². The molecule has 2 aromatic rings.